The molecule has 1 aromatic carbocycles. The van der Waals surface area contributed by atoms with Gasteiger partial charge in [0.1, 0.15) is 5.82 Å². The number of benzene rings is 1. The molecule has 11 nitrogen and oxygen atoms in total. The molecule has 0 aliphatic heterocycles. The number of carbonyl (C=O) groups is 2. The van der Waals surface area contributed by atoms with Crippen LogP contribution in [0.25, 0.3) is 0 Å². The van der Waals surface area contributed by atoms with Crippen LogP contribution in [0.15, 0.2) is 42.1 Å². The van der Waals surface area contributed by atoms with Gasteiger partial charge in [0.25, 0.3) is 5.91 Å². The average Bonchev–Trinajstić information content (AvgIpc) is 2.76. The van der Waals surface area contributed by atoms with Crippen molar-refractivity contribution in [2.24, 2.45) is 17.2 Å². The lowest BCUT2D eigenvalue weighted by Crippen LogP contribution is -2.28. The Morgan fingerprint density at radius 2 is 1.77 bits per heavy atom. The highest BCUT2D eigenvalue weighted by Crippen LogP contribution is 2.21. The van der Waals surface area contributed by atoms with Gasteiger partial charge in [-0.05, 0) is 24.3 Å². The van der Waals surface area contributed by atoms with Crippen molar-refractivity contribution in [2.75, 3.05) is 57.8 Å². The molecule has 0 spiro atoms. The predicted molar refractivity (Wildman–Crippen MR) is 119 cm³/mol. The molecule has 0 fully saturated rings. The number of allylic oxidation sites excluding steroid dienone is 2. The maximum absolute atomic E-state index is 12.6. The van der Waals surface area contributed by atoms with Gasteiger partial charge in [-0.25, -0.2) is 0 Å². The summed E-state index contributed by atoms with van der Waals surface area (Å²) in [5.41, 5.74) is 17.9. The highest BCUT2D eigenvalue weighted by atomic mass is 16.5. The number of nitrogens with two attached hydrogens (primary N) is 3. The number of ether oxygens (including phenoxy) is 3. The zero-order chi connectivity index (χ0) is 23.1. The third-order valence-corrected chi connectivity index (χ3v) is 3.86. The fourth-order valence-corrected chi connectivity index (χ4v) is 2.26. The molecule has 1 aromatic rings. The summed E-state index contributed by atoms with van der Waals surface area (Å²) in [6.07, 6.45) is 2.92. The first-order valence-electron chi connectivity index (χ1n) is 9.66. The molecule has 0 aromatic heterocycles. The molecule has 0 saturated heterocycles. The van der Waals surface area contributed by atoms with E-state index in [1.54, 1.807) is 25.2 Å². The summed E-state index contributed by atoms with van der Waals surface area (Å²) in [5.74, 6) is -0.601. The molecule has 2 amide bonds. The number of nitrogens with one attached hydrogen (secondary N) is 3. The Labute approximate surface area is 181 Å². The minimum Gasteiger partial charge on any atom is -0.483 e. The summed E-state index contributed by atoms with van der Waals surface area (Å²) in [4.78, 5) is 24.9. The zero-order valence-corrected chi connectivity index (χ0v) is 17.9. The van der Waals surface area contributed by atoms with E-state index in [1.165, 1.54) is 19.3 Å². The maximum Gasteiger partial charge on any atom is 0.258 e. The molecule has 31 heavy (non-hydrogen) atoms. The number of anilines is 2. The van der Waals surface area contributed by atoms with Crippen LogP contribution >= 0.6 is 0 Å². The number of methoxy groups -OCH3 is 1. The van der Waals surface area contributed by atoms with Crippen molar-refractivity contribution < 1.29 is 23.8 Å². The fraction of sp³-hybridized carbons (Fsp3) is 0.400. The van der Waals surface area contributed by atoms with Gasteiger partial charge in [0.2, 0.25) is 5.91 Å². The molecule has 0 radical (unpaired) electrons. The topological polar surface area (TPSA) is 176 Å². The van der Waals surface area contributed by atoms with Crippen LogP contribution in [0.2, 0.25) is 0 Å². The van der Waals surface area contributed by atoms with Crippen LogP contribution in [0.4, 0.5) is 11.4 Å². The normalized spacial score (nSPS) is 11.7. The molecule has 11 heteroatoms. The van der Waals surface area contributed by atoms with Crippen LogP contribution in [0.3, 0.4) is 0 Å². The minimum atomic E-state index is -0.496. The lowest BCUT2D eigenvalue weighted by atomic mass is 10.1. The molecule has 0 heterocycles. The maximum atomic E-state index is 12.6. The fourth-order valence-electron chi connectivity index (χ4n) is 2.26. The van der Waals surface area contributed by atoms with E-state index in [9.17, 15) is 9.59 Å². The predicted octanol–water partition coefficient (Wildman–Crippen LogP) is 0.0252. The molecule has 0 atom stereocenters. The van der Waals surface area contributed by atoms with Crippen LogP contribution in [0.5, 0.6) is 0 Å². The van der Waals surface area contributed by atoms with Gasteiger partial charge in [0.15, 0.2) is 5.88 Å². The SMILES string of the molecule is CNc1ccc(C(=O)N/C(N)=C/C=C(\N)OC)c(NC(=O)CCOCCOCCN)c1. The summed E-state index contributed by atoms with van der Waals surface area (Å²) < 4.78 is 15.3. The standard InChI is InChI=1S/C20H32N6O5/c1-24-14-3-4-15(20(28)26-17(22)5-6-18(23)29-2)16(13-14)25-19(27)7-9-30-11-12-31-10-8-21/h3-6,13,24H,7-12,21-23H2,1-2H3,(H,25,27)(H,26,28)/b17-5+,18-6+. The van der Waals surface area contributed by atoms with Gasteiger partial charge in [-0.2, -0.15) is 0 Å². The van der Waals surface area contributed by atoms with E-state index in [0.717, 1.165) is 5.69 Å². The average molecular weight is 437 g/mol. The van der Waals surface area contributed by atoms with E-state index in [2.05, 4.69) is 16.0 Å². The minimum absolute atomic E-state index is 0.0604. The van der Waals surface area contributed by atoms with Crippen molar-refractivity contribution in [3.8, 4) is 0 Å². The van der Waals surface area contributed by atoms with Gasteiger partial charge in [-0.15, -0.1) is 0 Å². The highest BCUT2D eigenvalue weighted by Gasteiger charge is 2.15. The molecule has 0 bridgehead atoms. The van der Waals surface area contributed by atoms with Crippen molar-refractivity contribution in [3.63, 3.8) is 0 Å². The van der Waals surface area contributed by atoms with Crippen LogP contribution in [0.1, 0.15) is 16.8 Å². The van der Waals surface area contributed by atoms with E-state index in [4.69, 9.17) is 31.4 Å². The monoisotopic (exact) mass is 436 g/mol. The van der Waals surface area contributed by atoms with Crippen molar-refractivity contribution in [3.05, 3.63) is 47.6 Å². The van der Waals surface area contributed by atoms with E-state index < -0.39 is 5.91 Å². The molecule has 9 N–H and O–H groups in total. The Hall–Kier alpha value is -3.28. The first-order valence-corrected chi connectivity index (χ1v) is 9.66. The van der Waals surface area contributed by atoms with Gasteiger partial charge in [0.05, 0.1) is 51.2 Å². The van der Waals surface area contributed by atoms with Gasteiger partial charge in [0, 0.05) is 25.4 Å². The van der Waals surface area contributed by atoms with Crippen molar-refractivity contribution >= 4 is 23.2 Å². The molecule has 0 aliphatic carbocycles. The molecule has 0 aliphatic rings. The number of hydrogen-bond donors (Lipinski definition) is 6. The first kappa shape index (κ1) is 25.8. The van der Waals surface area contributed by atoms with Crippen LogP contribution < -0.4 is 33.2 Å². The Balaban J connectivity index is 2.73. The first-order chi connectivity index (χ1) is 14.9. The van der Waals surface area contributed by atoms with Gasteiger partial charge in [-0.3, -0.25) is 9.59 Å². The summed E-state index contributed by atoms with van der Waals surface area (Å²) in [7, 11) is 3.14. The number of amides is 2. The van der Waals surface area contributed by atoms with Crippen LogP contribution in [0, 0.1) is 0 Å². The largest absolute Gasteiger partial charge is 0.483 e. The summed E-state index contributed by atoms with van der Waals surface area (Å²) in [5, 5.41) is 8.22. The Kier molecular flexibility index (Phi) is 12.2. The molecule has 1 rings (SSSR count). The summed E-state index contributed by atoms with van der Waals surface area (Å²) >= 11 is 0. The van der Waals surface area contributed by atoms with E-state index >= 15 is 0 Å². The number of hydrogen-bond acceptors (Lipinski definition) is 9. The second-order valence-electron chi connectivity index (χ2n) is 6.17. The molecule has 0 unspecified atom stereocenters. The highest BCUT2D eigenvalue weighted by molar-refractivity contribution is 6.05. The lowest BCUT2D eigenvalue weighted by Gasteiger charge is -2.13. The molecule has 172 valence electrons. The second kappa shape index (κ2) is 14.7. The number of carbonyl (C=O) groups excluding carboxylic acids is 2. The van der Waals surface area contributed by atoms with Gasteiger partial charge in [-0.1, -0.05) is 0 Å². The Morgan fingerprint density at radius 1 is 1.06 bits per heavy atom. The summed E-state index contributed by atoms with van der Waals surface area (Å²) in [6.45, 7) is 1.90. The second-order valence-corrected chi connectivity index (χ2v) is 6.17. The smallest absolute Gasteiger partial charge is 0.258 e. The van der Waals surface area contributed by atoms with Crippen LogP contribution in [-0.4, -0.2) is 58.9 Å². The van der Waals surface area contributed by atoms with Crippen molar-refractivity contribution in [1.29, 1.82) is 0 Å². The van der Waals surface area contributed by atoms with Crippen molar-refractivity contribution in [1.82, 2.24) is 5.32 Å². The van der Waals surface area contributed by atoms with Crippen molar-refractivity contribution in [2.45, 2.75) is 6.42 Å². The third-order valence-electron chi connectivity index (χ3n) is 3.86. The van der Waals surface area contributed by atoms with E-state index in [-0.39, 0.29) is 36.2 Å². The Morgan fingerprint density at radius 3 is 2.42 bits per heavy atom. The van der Waals surface area contributed by atoms with Crippen LogP contribution in [-0.2, 0) is 19.0 Å². The quantitative estimate of drug-likeness (QED) is 0.133. The molecular weight excluding hydrogens is 404 g/mol. The van der Waals surface area contributed by atoms with Gasteiger partial charge >= 0.3 is 0 Å². The van der Waals surface area contributed by atoms with E-state index in [1.807, 2.05) is 0 Å². The lowest BCUT2D eigenvalue weighted by molar-refractivity contribution is -0.117. The zero-order valence-electron chi connectivity index (χ0n) is 17.9. The molecular formula is C20H32N6O5. The van der Waals surface area contributed by atoms with E-state index in [0.29, 0.717) is 32.1 Å². The molecule has 0 saturated carbocycles. The van der Waals surface area contributed by atoms with Gasteiger partial charge < -0.3 is 47.4 Å². The third kappa shape index (κ3) is 10.3. The number of rotatable bonds is 14. The Bertz CT molecular complexity index is 781. The summed E-state index contributed by atoms with van der Waals surface area (Å²) in [6, 6.07) is 4.93.